The highest BCUT2D eigenvalue weighted by Crippen LogP contribution is 2.38. The third-order valence-electron chi connectivity index (χ3n) is 2.47. The van der Waals surface area contributed by atoms with Crippen LogP contribution in [-0.4, -0.2) is 0 Å². The Bertz CT molecular complexity index is 538. The van der Waals surface area contributed by atoms with E-state index in [2.05, 4.69) is 38.5 Å². The first-order valence-electron chi connectivity index (χ1n) is 5.03. The van der Waals surface area contributed by atoms with E-state index in [0.29, 0.717) is 10.0 Å². The molecule has 0 aromatic heterocycles. The smallest absolute Gasteiger partial charge is 0.124 e. The van der Waals surface area contributed by atoms with Crippen molar-refractivity contribution >= 4 is 61.7 Å². The van der Waals surface area contributed by atoms with Crippen LogP contribution in [0.3, 0.4) is 0 Å². The first kappa shape index (κ1) is 14.6. The summed E-state index contributed by atoms with van der Waals surface area (Å²) in [4.78, 5) is -0.0882. The first-order chi connectivity index (χ1) is 8.49. The van der Waals surface area contributed by atoms with Gasteiger partial charge < -0.3 is 0 Å². The molecule has 0 radical (unpaired) electrons. The van der Waals surface area contributed by atoms with Crippen molar-refractivity contribution in [3.63, 3.8) is 0 Å². The SMILES string of the molecule is Fc1ccc(C(Br)c2ccc(Cl)cc2Cl)c(I)c1. The number of hydrogen-bond acceptors (Lipinski definition) is 0. The van der Waals surface area contributed by atoms with Gasteiger partial charge in [0.1, 0.15) is 5.82 Å². The summed E-state index contributed by atoms with van der Waals surface area (Å²) in [5.74, 6) is -0.245. The van der Waals surface area contributed by atoms with E-state index < -0.39 is 0 Å². The summed E-state index contributed by atoms with van der Waals surface area (Å²) in [5.41, 5.74) is 1.88. The average molecular weight is 460 g/mol. The standard InChI is InChI=1S/C13H7BrCl2FI/c14-13(9-3-1-7(15)5-11(9)16)10-4-2-8(17)6-12(10)18/h1-6,13H. The van der Waals surface area contributed by atoms with E-state index in [1.807, 2.05) is 6.07 Å². The predicted octanol–water partition coefficient (Wildman–Crippen LogP) is 6.22. The molecule has 0 saturated heterocycles. The van der Waals surface area contributed by atoms with Gasteiger partial charge >= 0.3 is 0 Å². The van der Waals surface area contributed by atoms with Crippen molar-refractivity contribution in [2.24, 2.45) is 0 Å². The molecule has 0 spiro atoms. The summed E-state index contributed by atoms with van der Waals surface area (Å²) in [5, 5.41) is 1.18. The van der Waals surface area contributed by atoms with Gasteiger partial charge in [-0.25, -0.2) is 4.39 Å². The molecule has 18 heavy (non-hydrogen) atoms. The summed E-state index contributed by atoms with van der Waals surface area (Å²) in [6.07, 6.45) is 0. The van der Waals surface area contributed by atoms with Crippen LogP contribution in [0.4, 0.5) is 4.39 Å². The van der Waals surface area contributed by atoms with Gasteiger partial charge in [0.25, 0.3) is 0 Å². The Balaban J connectivity index is 2.44. The van der Waals surface area contributed by atoms with Crippen LogP contribution in [0, 0.1) is 9.39 Å². The van der Waals surface area contributed by atoms with Gasteiger partial charge in [-0.2, -0.15) is 0 Å². The van der Waals surface area contributed by atoms with Crippen LogP contribution in [0.25, 0.3) is 0 Å². The molecule has 0 amide bonds. The molecular weight excluding hydrogens is 453 g/mol. The minimum atomic E-state index is -0.245. The van der Waals surface area contributed by atoms with Crippen LogP contribution in [0.1, 0.15) is 16.0 Å². The Morgan fingerprint density at radius 3 is 2.33 bits per heavy atom. The van der Waals surface area contributed by atoms with E-state index in [9.17, 15) is 4.39 Å². The van der Waals surface area contributed by atoms with Crippen LogP contribution < -0.4 is 0 Å². The highest BCUT2D eigenvalue weighted by molar-refractivity contribution is 14.1. The first-order valence-corrected chi connectivity index (χ1v) is 7.78. The third-order valence-corrected chi connectivity index (χ3v) is 4.95. The molecule has 0 aliphatic rings. The summed E-state index contributed by atoms with van der Waals surface area (Å²) in [7, 11) is 0. The monoisotopic (exact) mass is 458 g/mol. The molecule has 5 heteroatoms. The summed E-state index contributed by atoms with van der Waals surface area (Å²) >= 11 is 17.7. The Labute approximate surface area is 137 Å². The molecule has 0 fully saturated rings. The van der Waals surface area contributed by atoms with Gasteiger partial charge in [-0.05, 0) is 58.0 Å². The zero-order valence-corrected chi connectivity index (χ0v) is 14.2. The van der Waals surface area contributed by atoms with E-state index >= 15 is 0 Å². The number of halogens is 5. The van der Waals surface area contributed by atoms with Crippen molar-refractivity contribution in [3.05, 3.63) is 67.0 Å². The summed E-state index contributed by atoms with van der Waals surface area (Å²) in [6.45, 7) is 0. The van der Waals surface area contributed by atoms with Crippen LogP contribution >= 0.6 is 61.7 Å². The Morgan fingerprint density at radius 1 is 1.06 bits per heavy atom. The largest absolute Gasteiger partial charge is 0.207 e. The molecule has 2 aromatic carbocycles. The molecular formula is C13H7BrCl2FI. The maximum atomic E-state index is 13.1. The second kappa shape index (κ2) is 6.07. The maximum Gasteiger partial charge on any atom is 0.124 e. The minimum Gasteiger partial charge on any atom is -0.207 e. The number of rotatable bonds is 2. The van der Waals surface area contributed by atoms with Gasteiger partial charge in [-0.15, -0.1) is 0 Å². The molecule has 1 atom stereocenters. The van der Waals surface area contributed by atoms with Crippen molar-refractivity contribution in [2.75, 3.05) is 0 Å². The zero-order valence-electron chi connectivity index (χ0n) is 8.93. The second-order valence-electron chi connectivity index (χ2n) is 3.69. The quantitative estimate of drug-likeness (QED) is 0.369. The molecule has 0 nitrogen and oxygen atoms in total. The van der Waals surface area contributed by atoms with Crippen LogP contribution in [0.2, 0.25) is 10.0 Å². The van der Waals surface area contributed by atoms with E-state index in [1.165, 1.54) is 12.1 Å². The second-order valence-corrected chi connectivity index (χ2v) is 6.62. The Morgan fingerprint density at radius 2 is 1.72 bits per heavy atom. The number of benzene rings is 2. The normalized spacial score (nSPS) is 12.5. The van der Waals surface area contributed by atoms with Gasteiger partial charge in [0.2, 0.25) is 0 Å². The van der Waals surface area contributed by atoms with Crippen molar-refractivity contribution < 1.29 is 4.39 Å². The van der Waals surface area contributed by atoms with E-state index in [0.717, 1.165) is 14.7 Å². The molecule has 0 N–H and O–H groups in total. The van der Waals surface area contributed by atoms with Gasteiger partial charge in [-0.3, -0.25) is 0 Å². The van der Waals surface area contributed by atoms with E-state index in [4.69, 9.17) is 23.2 Å². The van der Waals surface area contributed by atoms with Crippen LogP contribution in [0.15, 0.2) is 36.4 Å². The molecule has 0 aliphatic carbocycles. The highest BCUT2D eigenvalue weighted by Gasteiger charge is 2.16. The Kier molecular flexibility index (Phi) is 4.92. The fourth-order valence-electron chi connectivity index (χ4n) is 1.58. The molecule has 0 aliphatic heterocycles. The predicted molar refractivity (Wildman–Crippen MR) is 86.3 cm³/mol. The molecule has 2 rings (SSSR count). The van der Waals surface area contributed by atoms with Crippen LogP contribution in [-0.2, 0) is 0 Å². The maximum absolute atomic E-state index is 13.1. The van der Waals surface area contributed by atoms with Gasteiger partial charge in [0, 0.05) is 13.6 Å². The van der Waals surface area contributed by atoms with Crippen molar-refractivity contribution in [1.29, 1.82) is 0 Å². The molecule has 1 unspecified atom stereocenters. The fourth-order valence-corrected chi connectivity index (χ4v) is 4.25. The van der Waals surface area contributed by atoms with Crippen LogP contribution in [0.5, 0.6) is 0 Å². The lowest BCUT2D eigenvalue weighted by molar-refractivity contribution is 0.626. The van der Waals surface area contributed by atoms with Gasteiger partial charge in [-0.1, -0.05) is 51.3 Å². The minimum absolute atomic E-state index is 0.0882. The average Bonchev–Trinajstić information content (AvgIpc) is 2.28. The van der Waals surface area contributed by atoms with Gasteiger partial charge in [0.15, 0.2) is 0 Å². The lowest BCUT2D eigenvalue weighted by Gasteiger charge is -2.14. The molecule has 0 bridgehead atoms. The number of alkyl halides is 1. The van der Waals surface area contributed by atoms with Gasteiger partial charge in [0.05, 0.1) is 4.83 Å². The van der Waals surface area contributed by atoms with E-state index in [1.54, 1.807) is 18.2 Å². The molecule has 0 saturated carbocycles. The van der Waals surface area contributed by atoms with Crippen molar-refractivity contribution in [3.8, 4) is 0 Å². The van der Waals surface area contributed by atoms with E-state index in [-0.39, 0.29) is 10.6 Å². The lowest BCUT2D eigenvalue weighted by atomic mass is 10.0. The fraction of sp³-hybridized carbons (Fsp3) is 0.0769. The molecule has 0 heterocycles. The zero-order chi connectivity index (χ0) is 13.3. The topological polar surface area (TPSA) is 0 Å². The summed E-state index contributed by atoms with van der Waals surface area (Å²) in [6, 6.07) is 10.0. The highest BCUT2D eigenvalue weighted by atomic mass is 127. The number of hydrogen-bond donors (Lipinski definition) is 0. The summed E-state index contributed by atoms with van der Waals surface area (Å²) < 4.78 is 13.9. The molecule has 94 valence electrons. The van der Waals surface area contributed by atoms with Crippen molar-refractivity contribution in [1.82, 2.24) is 0 Å². The third kappa shape index (κ3) is 3.18. The van der Waals surface area contributed by atoms with Crippen molar-refractivity contribution in [2.45, 2.75) is 4.83 Å². The Hall–Kier alpha value is 0.160. The lowest BCUT2D eigenvalue weighted by Crippen LogP contribution is -1.97. The molecule has 2 aromatic rings.